The molecule has 2 aliphatic carbocycles. The monoisotopic (exact) mass is 481 g/mol. The highest BCUT2D eigenvalue weighted by Crippen LogP contribution is 2.49. The van der Waals surface area contributed by atoms with Crippen LogP contribution in [-0.2, 0) is 19.7 Å². The number of allylic oxidation sites excluding steroid dienone is 2. The minimum atomic E-state index is -0.954. The van der Waals surface area contributed by atoms with Crippen molar-refractivity contribution in [3.63, 3.8) is 0 Å². The average Bonchev–Trinajstić information content (AvgIpc) is 3.46. The van der Waals surface area contributed by atoms with E-state index in [1.54, 1.807) is 6.92 Å². The largest absolute Gasteiger partial charge is 0.481 e. The third-order valence-electron chi connectivity index (χ3n) is 6.89. The fraction of sp³-hybridized carbons (Fsp3) is 0.444. The lowest BCUT2D eigenvalue weighted by molar-refractivity contribution is -0.146. The van der Waals surface area contributed by atoms with E-state index in [-0.39, 0.29) is 29.8 Å². The Labute approximate surface area is 204 Å². The molecule has 0 saturated heterocycles. The fourth-order valence-corrected chi connectivity index (χ4v) is 6.29. The summed E-state index contributed by atoms with van der Waals surface area (Å²) in [4.78, 5) is 39.1. The van der Waals surface area contributed by atoms with Gasteiger partial charge in [-0.1, -0.05) is 57.2 Å². The smallest absolute Gasteiger partial charge is 0.341 e. The number of thiophene rings is 1. The van der Waals surface area contributed by atoms with Gasteiger partial charge >= 0.3 is 11.9 Å². The number of hydrogen-bond acceptors (Lipinski definition) is 5. The van der Waals surface area contributed by atoms with Crippen LogP contribution in [0.5, 0.6) is 0 Å². The molecule has 1 saturated carbocycles. The molecule has 2 aliphatic rings. The van der Waals surface area contributed by atoms with E-state index < -0.39 is 23.8 Å². The fourth-order valence-electron chi connectivity index (χ4n) is 5.23. The highest BCUT2D eigenvalue weighted by Gasteiger charge is 2.51. The Morgan fingerprint density at radius 3 is 2.26 bits per heavy atom. The second-order valence-electron chi connectivity index (χ2n) is 10.1. The highest BCUT2D eigenvalue weighted by atomic mass is 32.1. The quantitative estimate of drug-likeness (QED) is 0.410. The van der Waals surface area contributed by atoms with Crippen LogP contribution in [0.3, 0.4) is 0 Å². The molecule has 4 rings (SSSR count). The zero-order valence-electron chi connectivity index (χ0n) is 20.2. The van der Waals surface area contributed by atoms with E-state index in [2.05, 4.69) is 38.2 Å². The number of fused-ring (bicyclic) bond motifs is 2. The predicted molar refractivity (Wildman–Crippen MR) is 133 cm³/mol. The Kier molecular flexibility index (Phi) is 6.42. The lowest BCUT2D eigenvalue weighted by Crippen LogP contribution is -2.36. The Morgan fingerprint density at radius 1 is 1.09 bits per heavy atom. The number of anilines is 1. The number of hydrogen-bond donors (Lipinski definition) is 2. The third kappa shape index (κ3) is 4.29. The van der Waals surface area contributed by atoms with Gasteiger partial charge in [0.1, 0.15) is 10.6 Å². The maximum Gasteiger partial charge on any atom is 0.341 e. The van der Waals surface area contributed by atoms with E-state index in [0.29, 0.717) is 17.0 Å². The van der Waals surface area contributed by atoms with Crippen molar-refractivity contribution in [3.05, 3.63) is 52.4 Å². The van der Waals surface area contributed by atoms with Gasteiger partial charge in [-0.15, -0.1) is 11.3 Å². The molecule has 0 aliphatic heterocycles. The average molecular weight is 482 g/mol. The van der Waals surface area contributed by atoms with Gasteiger partial charge in [-0.2, -0.15) is 0 Å². The van der Waals surface area contributed by atoms with Gasteiger partial charge in [0.15, 0.2) is 0 Å². The number of amides is 1. The molecule has 0 spiro atoms. The van der Waals surface area contributed by atoms with Crippen molar-refractivity contribution in [1.29, 1.82) is 0 Å². The summed E-state index contributed by atoms with van der Waals surface area (Å²) in [5.74, 6) is -3.42. The Morgan fingerprint density at radius 2 is 1.71 bits per heavy atom. The van der Waals surface area contributed by atoms with Crippen LogP contribution >= 0.6 is 11.3 Å². The Balaban J connectivity index is 1.71. The molecule has 180 valence electrons. The zero-order chi connectivity index (χ0) is 24.8. The summed E-state index contributed by atoms with van der Waals surface area (Å²) >= 11 is 1.32. The molecule has 0 radical (unpaired) electrons. The molecule has 1 aromatic heterocycles. The summed E-state index contributed by atoms with van der Waals surface area (Å²) in [7, 11) is 0. The first-order chi connectivity index (χ1) is 16.0. The summed E-state index contributed by atoms with van der Waals surface area (Å²) in [6.45, 7) is 10.3. The number of rotatable bonds is 6. The summed E-state index contributed by atoms with van der Waals surface area (Å²) in [6, 6.07) is 8.09. The number of aliphatic carboxylic acids is 1. The number of aryl methyl sites for hydroxylation is 1. The number of nitrogens with one attached hydrogen (secondary N) is 1. The molecule has 1 amide bonds. The normalized spacial score (nSPS) is 23.2. The van der Waals surface area contributed by atoms with Crippen LogP contribution in [0.15, 0.2) is 36.4 Å². The van der Waals surface area contributed by atoms with Crippen LogP contribution in [-0.4, -0.2) is 29.6 Å². The number of carboxylic acids is 1. The van der Waals surface area contributed by atoms with Crippen LogP contribution in [0.4, 0.5) is 5.00 Å². The van der Waals surface area contributed by atoms with Crippen molar-refractivity contribution in [2.75, 3.05) is 11.9 Å². The molecule has 7 heteroatoms. The number of ether oxygens (including phenoxy) is 1. The van der Waals surface area contributed by atoms with E-state index in [0.717, 1.165) is 16.0 Å². The van der Waals surface area contributed by atoms with Crippen LogP contribution in [0.2, 0.25) is 0 Å². The number of carbonyl (C=O) groups is 3. The molecule has 2 bridgehead atoms. The summed E-state index contributed by atoms with van der Waals surface area (Å²) in [6.07, 6.45) is 4.53. The predicted octanol–water partition coefficient (Wildman–Crippen LogP) is 5.66. The van der Waals surface area contributed by atoms with Gasteiger partial charge in [0.25, 0.3) is 0 Å². The van der Waals surface area contributed by atoms with Gasteiger partial charge in [0.05, 0.1) is 18.4 Å². The number of esters is 1. The van der Waals surface area contributed by atoms with Crippen LogP contribution < -0.4 is 5.32 Å². The Bertz CT molecular complexity index is 1150. The van der Waals surface area contributed by atoms with Crippen molar-refractivity contribution in [2.24, 2.45) is 23.7 Å². The van der Waals surface area contributed by atoms with E-state index in [1.165, 1.54) is 16.9 Å². The van der Waals surface area contributed by atoms with Gasteiger partial charge in [-0.3, -0.25) is 9.59 Å². The highest BCUT2D eigenvalue weighted by molar-refractivity contribution is 7.17. The summed E-state index contributed by atoms with van der Waals surface area (Å²) < 4.78 is 5.35. The minimum Gasteiger partial charge on any atom is -0.481 e. The zero-order valence-corrected chi connectivity index (χ0v) is 21.0. The second kappa shape index (κ2) is 9.02. The molecule has 34 heavy (non-hydrogen) atoms. The van der Waals surface area contributed by atoms with Gasteiger partial charge < -0.3 is 15.2 Å². The van der Waals surface area contributed by atoms with Gasteiger partial charge in [0, 0.05) is 10.4 Å². The molecular weight excluding hydrogens is 450 g/mol. The summed E-state index contributed by atoms with van der Waals surface area (Å²) in [5, 5.41) is 13.0. The van der Waals surface area contributed by atoms with E-state index in [1.807, 2.05) is 31.2 Å². The lowest BCUT2D eigenvalue weighted by atomic mass is 9.82. The van der Waals surface area contributed by atoms with Gasteiger partial charge in [0.2, 0.25) is 5.91 Å². The molecule has 1 heterocycles. The van der Waals surface area contributed by atoms with Crippen LogP contribution in [0.1, 0.15) is 54.9 Å². The molecule has 0 unspecified atom stereocenters. The molecular formula is C27H31NO5S. The maximum absolute atomic E-state index is 13.3. The number of carboxylic acid groups (broad SMARTS) is 1. The topological polar surface area (TPSA) is 92.7 Å². The van der Waals surface area contributed by atoms with Crippen molar-refractivity contribution in [2.45, 2.75) is 46.5 Å². The van der Waals surface area contributed by atoms with Crippen molar-refractivity contribution < 1.29 is 24.2 Å². The minimum absolute atomic E-state index is 0.00111. The standard InChI is InChI=1S/C27H31NO5S/c1-6-33-26(32)22-19(15-9-11-18(12-10-15)27(3,4)5)14(2)34-24(22)28-23(29)20-16-7-8-17(13-16)21(20)25(30)31/h7-12,16-17,20-21H,6,13H2,1-5H3,(H,28,29)(H,30,31)/t16-,17+,20+,21+/m1/s1. The van der Waals surface area contributed by atoms with E-state index in [9.17, 15) is 19.5 Å². The molecule has 6 nitrogen and oxygen atoms in total. The first-order valence-corrected chi connectivity index (χ1v) is 12.5. The van der Waals surface area contributed by atoms with Gasteiger partial charge in [-0.25, -0.2) is 4.79 Å². The van der Waals surface area contributed by atoms with E-state index >= 15 is 0 Å². The first kappa shape index (κ1) is 24.2. The van der Waals surface area contributed by atoms with Crippen LogP contribution in [0, 0.1) is 30.6 Å². The SMILES string of the molecule is CCOC(=O)c1c(NC(=O)[C@@H]2[C@@H](C(=O)O)[C@H]3C=C[C@@H]2C3)sc(C)c1-c1ccc(C(C)(C)C)cc1. The van der Waals surface area contributed by atoms with Crippen molar-refractivity contribution in [1.82, 2.24) is 0 Å². The van der Waals surface area contributed by atoms with Gasteiger partial charge in [-0.05, 0) is 48.6 Å². The first-order valence-electron chi connectivity index (χ1n) is 11.7. The van der Waals surface area contributed by atoms with E-state index in [4.69, 9.17) is 4.74 Å². The maximum atomic E-state index is 13.3. The second-order valence-corrected chi connectivity index (χ2v) is 11.3. The molecule has 1 aromatic carbocycles. The molecule has 1 fully saturated rings. The molecule has 2 aromatic rings. The summed E-state index contributed by atoms with van der Waals surface area (Å²) in [5.41, 5.74) is 3.12. The third-order valence-corrected chi connectivity index (χ3v) is 7.91. The van der Waals surface area contributed by atoms with Crippen molar-refractivity contribution in [3.8, 4) is 11.1 Å². The van der Waals surface area contributed by atoms with Crippen molar-refractivity contribution >= 4 is 34.2 Å². The number of benzene rings is 1. The number of carbonyl (C=O) groups excluding carboxylic acids is 2. The van der Waals surface area contributed by atoms with Crippen LogP contribution in [0.25, 0.3) is 11.1 Å². The lowest BCUT2D eigenvalue weighted by Gasteiger charge is -2.23. The molecule has 2 N–H and O–H groups in total. The molecule has 4 atom stereocenters. The Hall–Kier alpha value is -2.93.